The normalized spacial score (nSPS) is 15.3. The van der Waals surface area contributed by atoms with E-state index in [4.69, 9.17) is 28.6 Å². The van der Waals surface area contributed by atoms with Gasteiger partial charge in [0.2, 0.25) is 0 Å². The lowest BCUT2D eigenvalue weighted by atomic mass is 10.1. The van der Waals surface area contributed by atoms with Crippen LogP contribution in [-0.2, 0) is 11.3 Å². The molecule has 0 amide bonds. The molecule has 1 fully saturated rings. The van der Waals surface area contributed by atoms with Gasteiger partial charge in [0.15, 0.2) is 5.11 Å². The topological polar surface area (TPSA) is 60.6 Å². The van der Waals surface area contributed by atoms with Gasteiger partial charge in [-0.25, -0.2) is 0 Å². The lowest BCUT2D eigenvalue weighted by molar-refractivity contribution is 0.0357. The van der Waals surface area contributed by atoms with Crippen LogP contribution in [-0.4, -0.2) is 59.3 Å². The van der Waals surface area contributed by atoms with Crippen molar-refractivity contribution in [3.8, 4) is 0 Å². The molecule has 2 aromatic carbocycles. The number of rotatable bonds is 7. The third-order valence-electron chi connectivity index (χ3n) is 6.28. The van der Waals surface area contributed by atoms with Crippen molar-refractivity contribution in [3.63, 3.8) is 0 Å². The minimum atomic E-state index is -0.122. The number of aromatic amines is 1. The fraction of sp³-hybridized carbons (Fsp3) is 0.385. The van der Waals surface area contributed by atoms with Crippen LogP contribution in [0.5, 0.6) is 0 Å². The summed E-state index contributed by atoms with van der Waals surface area (Å²) in [5, 5.41) is 5.70. The summed E-state index contributed by atoms with van der Waals surface area (Å²) in [7, 11) is 0. The molecule has 34 heavy (non-hydrogen) atoms. The lowest BCUT2D eigenvalue weighted by Crippen LogP contribution is -2.46. The Morgan fingerprint density at radius 2 is 1.97 bits per heavy atom. The summed E-state index contributed by atoms with van der Waals surface area (Å²) < 4.78 is 5.48. The van der Waals surface area contributed by atoms with E-state index in [0.717, 1.165) is 54.9 Å². The Morgan fingerprint density at radius 3 is 2.71 bits per heavy atom. The van der Waals surface area contributed by atoms with Gasteiger partial charge in [-0.3, -0.25) is 9.69 Å². The molecule has 1 atom stereocenters. The molecule has 2 N–H and O–H groups in total. The second-order valence-electron chi connectivity index (χ2n) is 8.77. The van der Waals surface area contributed by atoms with Gasteiger partial charge < -0.3 is 19.9 Å². The van der Waals surface area contributed by atoms with E-state index in [9.17, 15) is 4.79 Å². The Kier molecular flexibility index (Phi) is 8.21. The monoisotopic (exact) mass is 498 g/mol. The molecule has 6 nitrogen and oxygen atoms in total. The first-order chi connectivity index (χ1) is 16.4. The molecule has 2 heterocycles. The van der Waals surface area contributed by atoms with E-state index in [0.29, 0.717) is 28.8 Å². The van der Waals surface area contributed by atoms with Crippen molar-refractivity contribution >= 4 is 39.8 Å². The number of fused-ring (bicyclic) bond motifs is 1. The second kappa shape index (κ2) is 11.3. The molecule has 8 heteroatoms. The van der Waals surface area contributed by atoms with Gasteiger partial charge in [0, 0.05) is 42.3 Å². The van der Waals surface area contributed by atoms with Gasteiger partial charge in [0.1, 0.15) is 0 Å². The molecule has 1 aliphatic heterocycles. The highest BCUT2D eigenvalue weighted by Gasteiger charge is 2.18. The maximum atomic E-state index is 12.9. The minimum absolute atomic E-state index is 0.0549. The molecule has 1 saturated heterocycles. The van der Waals surface area contributed by atoms with Crippen molar-refractivity contribution in [3.05, 3.63) is 80.6 Å². The van der Waals surface area contributed by atoms with E-state index >= 15 is 0 Å². The van der Waals surface area contributed by atoms with E-state index in [2.05, 4.69) is 39.2 Å². The first kappa shape index (κ1) is 24.7. The molecule has 0 radical (unpaired) electrons. The third kappa shape index (κ3) is 6.16. The number of ether oxygens (including phenoxy) is 1. The summed E-state index contributed by atoms with van der Waals surface area (Å²) in [6.07, 6.45) is 0. The standard InChI is InChI=1S/C26H31ClN4O2S/c1-18-14-21-15-22(25(32)29-24(21)16-23(18)27)17-31(9-8-30-10-12-33-13-11-30)26(34)28-19(2)20-6-4-3-5-7-20/h3-7,14-16,19H,8-13,17H2,1-2H3,(H,28,34)(H,29,32). The summed E-state index contributed by atoms with van der Waals surface area (Å²) in [4.78, 5) is 20.4. The number of aryl methyl sites for hydroxylation is 1. The van der Waals surface area contributed by atoms with Gasteiger partial charge >= 0.3 is 0 Å². The molecule has 1 aromatic heterocycles. The van der Waals surface area contributed by atoms with Crippen LogP contribution in [0.25, 0.3) is 10.9 Å². The highest BCUT2D eigenvalue weighted by molar-refractivity contribution is 7.80. The van der Waals surface area contributed by atoms with Gasteiger partial charge in [-0.15, -0.1) is 0 Å². The predicted octanol–water partition coefficient (Wildman–Crippen LogP) is 4.26. The first-order valence-electron chi connectivity index (χ1n) is 11.6. The number of nitrogens with one attached hydrogen (secondary N) is 2. The first-order valence-corrected chi connectivity index (χ1v) is 12.4. The average molecular weight is 499 g/mol. The van der Waals surface area contributed by atoms with E-state index < -0.39 is 0 Å². The molecule has 0 bridgehead atoms. The quantitative estimate of drug-likeness (QED) is 0.475. The number of morpholine rings is 1. The van der Waals surface area contributed by atoms with Crippen molar-refractivity contribution in [2.24, 2.45) is 0 Å². The van der Waals surface area contributed by atoms with Gasteiger partial charge in [-0.2, -0.15) is 0 Å². The average Bonchev–Trinajstić information content (AvgIpc) is 2.84. The van der Waals surface area contributed by atoms with Crippen LogP contribution in [0.2, 0.25) is 5.02 Å². The maximum Gasteiger partial charge on any atom is 0.253 e. The Bertz CT molecular complexity index is 1190. The highest BCUT2D eigenvalue weighted by atomic mass is 35.5. The van der Waals surface area contributed by atoms with Crippen LogP contribution in [0.1, 0.15) is 29.7 Å². The molecule has 0 spiro atoms. The lowest BCUT2D eigenvalue weighted by Gasteiger charge is -2.32. The number of halogens is 1. The van der Waals surface area contributed by atoms with E-state index in [1.807, 2.05) is 37.3 Å². The number of hydrogen-bond donors (Lipinski definition) is 2. The van der Waals surface area contributed by atoms with E-state index in [1.165, 1.54) is 0 Å². The van der Waals surface area contributed by atoms with Crippen molar-refractivity contribution in [1.82, 2.24) is 20.1 Å². The molecule has 4 rings (SSSR count). The summed E-state index contributed by atoms with van der Waals surface area (Å²) in [5.41, 5.74) is 3.43. The summed E-state index contributed by atoms with van der Waals surface area (Å²) in [5.74, 6) is 0. The summed E-state index contributed by atoms with van der Waals surface area (Å²) in [6, 6.07) is 16.0. The van der Waals surface area contributed by atoms with Crippen molar-refractivity contribution in [1.29, 1.82) is 0 Å². The minimum Gasteiger partial charge on any atom is -0.379 e. The van der Waals surface area contributed by atoms with E-state index in [-0.39, 0.29) is 11.6 Å². The third-order valence-corrected chi connectivity index (χ3v) is 7.06. The number of nitrogens with zero attached hydrogens (tertiary/aromatic N) is 2. The molecule has 0 saturated carbocycles. The zero-order valence-corrected chi connectivity index (χ0v) is 21.2. The second-order valence-corrected chi connectivity index (χ2v) is 9.56. The molecule has 180 valence electrons. The number of hydrogen-bond acceptors (Lipinski definition) is 4. The number of H-pyrrole nitrogens is 1. The Labute approximate surface area is 210 Å². The van der Waals surface area contributed by atoms with Crippen molar-refractivity contribution < 1.29 is 4.74 Å². The number of thiocarbonyl (C=S) groups is 1. The van der Waals surface area contributed by atoms with Gasteiger partial charge in [0.05, 0.1) is 25.8 Å². The zero-order chi connectivity index (χ0) is 24.1. The SMILES string of the molecule is Cc1cc2cc(CN(CCN3CCOCC3)C(=S)NC(C)c3ccccc3)c(=O)[nH]c2cc1Cl. The summed E-state index contributed by atoms with van der Waals surface area (Å²) in [6.45, 7) is 9.36. The predicted molar refractivity (Wildman–Crippen MR) is 143 cm³/mol. The molecular formula is C26H31ClN4O2S. The molecule has 1 aliphatic rings. The van der Waals surface area contributed by atoms with Gasteiger partial charge in [-0.1, -0.05) is 41.9 Å². The van der Waals surface area contributed by atoms with Gasteiger partial charge in [0.25, 0.3) is 5.56 Å². The van der Waals surface area contributed by atoms with Crippen LogP contribution in [0.15, 0.2) is 53.3 Å². The molecule has 0 aliphatic carbocycles. The Balaban J connectivity index is 1.55. The van der Waals surface area contributed by atoms with Crippen molar-refractivity contribution in [2.45, 2.75) is 26.4 Å². The fourth-order valence-corrected chi connectivity index (χ4v) is 4.65. The largest absolute Gasteiger partial charge is 0.379 e. The molecule has 3 aromatic rings. The molecule has 1 unspecified atom stereocenters. The van der Waals surface area contributed by atoms with Crippen LogP contribution in [0, 0.1) is 6.92 Å². The number of benzene rings is 2. The Hall–Kier alpha value is -2.45. The smallest absolute Gasteiger partial charge is 0.253 e. The maximum absolute atomic E-state index is 12.9. The summed E-state index contributed by atoms with van der Waals surface area (Å²) >= 11 is 12.1. The van der Waals surface area contributed by atoms with Crippen LogP contribution >= 0.6 is 23.8 Å². The van der Waals surface area contributed by atoms with Gasteiger partial charge in [-0.05, 0) is 60.8 Å². The van der Waals surface area contributed by atoms with Crippen molar-refractivity contribution in [2.75, 3.05) is 39.4 Å². The zero-order valence-electron chi connectivity index (χ0n) is 19.6. The highest BCUT2D eigenvalue weighted by Crippen LogP contribution is 2.22. The van der Waals surface area contributed by atoms with Crippen LogP contribution < -0.4 is 10.9 Å². The van der Waals surface area contributed by atoms with Crippen LogP contribution in [0.4, 0.5) is 0 Å². The fourth-order valence-electron chi connectivity index (χ4n) is 4.15. The Morgan fingerprint density at radius 1 is 1.24 bits per heavy atom. The van der Waals surface area contributed by atoms with E-state index in [1.54, 1.807) is 6.07 Å². The molecular weight excluding hydrogens is 468 g/mol. The number of pyridine rings is 1. The number of aromatic nitrogens is 1. The van der Waals surface area contributed by atoms with Crippen LogP contribution in [0.3, 0.4) is 0 Å².